The van der Waals surface area contributed by atoms with Gasteiger partial charge in [-0.15, -0.1) is 0 Å². The number of H-pyrrole nitrogens is 1. The molecule has 1 aromatic heterocycles. The van der Waals surface area contributed by atoms with Gasteiger partial charge in [-0.2, -0.15) is 0 Å². The Balaban J connectivity index is 2.30. The number of nitrogens with one attached hydrogen (secondary N) is 1. The van der Waals surface area contributed by atoms with Gasteiger partial charge in [-0.25, -0.2) is 0 Å². The molecule has 3 nitrogen and oxygen atoms in total. The van der Waals surface area contributed by atoms with Gasteiger partial charge in [0.25, 0.3) is 5.56 Å². The molecule has 0 radical (unpaired) electrons. The van der Waals surface area contributed by atoms with Gasteiger partial charge in [0.1, 0.15) is 0 Å². The van der Waals surface area contributed by atoms with Crippen LogP contribution in [0.2, 0.25) is 0 Å². The van der Waals surface area contributed by atoms with E-state index in [4.69, 9.17) is 5.11 Å². The predicted octanol–water partition coefficient (Wildman–Crippen LogP) is 2.15. The third kappa shape index (κ3) is 2.74. The minimum absolute atomic E-state index is 0.0227. The highest BCUT2D eigenvalue weighted by Gasteiger charge is 2.00. The molecule has 2 N–H and O–H groups in total. The molecule has 0 amide bonds. The Morgan fingerprint density at radius 2 is 2.06 bits per heavy atom. The van der Waals surface area contributed by atoms with Gasteiger partial charge in [0.2, 0.25) is 0 Å². The first-order chi connectivity index (χ1) is 8.20. The monoisotopic (exact) mass is 231 g/mol. The van der Waals surface area contributed by atoms with Crippen molar-refractivity contribution in [1.29, 1.82) is 0 Å². The molecule has 0 unspecified atom stereocenters. The van der Waals surface area contributed by atoms with E-state index in [0.29, 0.717) is 0 Å². The van der Waals surface area contributed by atoms with E-state index in [-0.39, 0.29) is 12.2 Å². The van der Waals surface area contributed by atoms with E-state index in [1.54, 1.807) is 0 Å². The van der Waals surface area contributed by atoms with Gasteiger partial charge < -0.3 is 10.1 Å². The first kappa shape index (κ1) is 11.9. The Kier molecular flexibility index (Phi) is 3.59. The average Bonchev–Trinajstić information content (AvgIpc) is 2.31. The van der Waals surface area contributed by atoms with E-state index in [0.717, 1.165) is 35.7 Å². The molecule has 17 heavy (non-hydrogen) atoms. The minimum atomic E-state index is -0.0227. The van der Waals surface area contributed by atoms with Crippen LogP contribution in [-0.4, -0.2) is 16.7 Å². The summed E-state index contributed by atoms with van der Waals surface area (Å²) in [6.07, 6.45) is 2.79. The molecule has 0 fully saturated rings. The van der Waals surface area contributed by atoms with Crippen LogP contribution in [0.5, 0.6) is 0 Å². The van der Waals surface area contributed by atoms with E-state index in [2.05, 4.69) is 11.1 Å². The van der Waals surface area contributed by atoms with Crippen molar-refractivity contribution in [1.82, 2.24) is 4.98 Å². The highest BCUT2D eigenvalue weighted by Crippen LogP contribution is 2.15. The van der Waals surface area contributed by atoms with Gasteiger partial charge in [-0.3, -0.25) is 4.79 Å². The van der Waals surface area contributed by atoms with Crippen LogP contribution >= 0.6 is 0 Å². The van der Waals surface area contributed by atoms with Gasteiger partial charge in [-0.1, -0.05) is 6.07 Å². The third-order valence-electron chi connectivity index (χ3n) is 2.97. The van der Waals surface area contributed by atoms with E-state index in [1.165, 1.54) is 5.56 Å². The first-order valence-electron chi connectivity index (χ1n) is 5.94. The highest BCUT2D eigenvalue weighted by molar-refractivity contribution is 5.79. The zero-order valence-electron chi connectivity index (χ0n) is 9.99. The SMILES string of the molecule is Cc1cc2cc(CCCCO)ccc2[nH]c1=O. The van der Waals surface area contributed by atoms with Crippen LogP contribution in [-0.2, 0) is 6.42 Å². The number of unbranched alkanes of at least 4 members (excludes halogenated alkanes) is 1. The molecule has 90 valence electrons. The van der Waals surface area contributed by atoms with Gasteiger partial charge >= 0.3 is 0 Å². The molecule has 0 aliphatic carbocycles. The number of fused-ring (bicyclic) bond motifs is 1. The molecule has 0 bridgehead atoms. The Morgan fingerprint density at radius 3 is 2.82 bits per heavy atom. The zero-order valence-corrected chi connectivity index (χ0v) is 9.99. The fourth-order valence-corrected chi connectivity index (χ4v) is 1.96. The highest BCUT2D eigenvalue weighted by atomic mass is 16.2. The number of pyridine rings is 1. The van der Waals surface area contributed by atoms with Gasteiger partial charge in [0.05, 0.1) is 0 Å². The summed E-state index contributed by atoms with van der Waals surface area (Å²) < 4.78 is 0. The van der Waals surface area contributed by atoms with Crippen LogP contribution in [0, 0.1) is 6.92 Å². The minimum Gasteiger partial charge on any atom is -0.396 e. The second kappa shape index (κ2) is 5.15. The number of rotatable bonds is 4. The van der Waals surface area contributed by atoms with Crippen LogP contribution < -0.4 is 5.56 Å². The van der Waals surface area contributed by atoms with Crippen molar-refractivity contribution in [2.45, 2.75) is 26.2 Å². The number of aryl methyl sites for hydroxylation is 2. The van der Waals surface area contributed by atoms with Crippen molar-refractivity contribution in [3.63, 3.8) is 0 Å². The Bertz CT molecular complexity index is 572. The lowest BCUT2D eigenvalue weighted by Gasteiger charge is -2.04. The van der Waals surface area contributed by atoms with Gasteiger partial charge in [-0.05, 0) is 55.3 Å². The van der Waals surface area contributed by atoms with Gasteiger partial charge in [0, 0.05) is 17.7 Å². The summed E-state index contributed by atoms with van der Waals surface area (Å²) in [5.74, 6) is 0. The standard InChI is InChI=1S/C14H17NO2/c1-10-8-12-9-11(4-2-3-7-16)5-6-13(12)15-14(10)17/h5-6,8-9,16H,2-4,7H2,1H3,(H,15,17). The fraction of sp³-hybridized carbons (Fsp3) is 0.357. The van der Waals surface area contributed by atoms with Crippen LogP contribution in [0.25, 0.3) is 10.9 Å². The lowest BCUT2D eigenvalue weighted by molar-refractivity contribution is 0.284. The Morgan fingerprint density at radius 1 is 1.24 bits per heavy atom. The molecule has 1 aromatic carbocycles. The summed E-state index contributed by atoms with van der Waals surface area (Å²) in [6, 6.07) is 8.01. The average molecular weight is 231 g/mol. The largest absolute Gasteiger partial charge is 0.396 e. The second-order valence-corrected chi connectivity index (χ2v) is 4.38. The van der Waals surface area contributed by atoms with E-state index < -0.39 is 0 Å². The van der Waals surface area contributed by atoms with Crippen LogP contribution in [0.15, 0.2) is 29.1 Å². The maximum absolute atomic E-state index is 11.4. The van der Waals surface area contributed by atoms with E-state index >= 15 is 0 Å². The van der Waals surface area contributed by atoms with E-state index in [9.17, 15) is 4.79 Å². The summed E-state index contributed by atoms with van der Waals surface area (Å²) in [6.45, 7) is 2.07. The number of aromatic nitrogens is 1. The van der Waals surface area contributed by atoms with Crippen molar-refractivity contribution in [3.05, 3.63) is 45.7 Å². The summed E-state index contributed by atoms with van der Waals surface area (Å²) in [4.78, 5) is 14.3. The Hall–Kier alpha value is -1.61. The molecule has 0 saturated heterocycles. The third-order valence-corrected chi connectivity index (χ3v) is 2.97. The van der Waals surface area contributed by atoms with Crippen LogP contribution in [0.4, 0.5) is 0 Å². The maximum Gasteiger partial charge on any atom is 0.251 e. The molecular weight excluding hydrogens is 214 g/mol. The first-order valence-corrected chi connectivity index (χ1v) is 5.94. The molecule has 1 heterocycles. The Labute approximate surface area is 100 Å². The quantitative estimate of drug-likeness (QED) is 0.792. The molecule has 2 aromatic rings. The summed E-state index contributed by atoms with van der Waals surface area (Å²) in [5.41, 5.74) is 2.85. The number of aliphatic hydroxyl groups excluding tert-OH is 1. The van der Waals surface area contributed by atoms with Crippen LogP contribution in [0.1, 0.15) is 24.0 Å². The van der Waals surface area contributed by atoms with E-state index in [1.807, 2.05) is 25.1 Å². The lowest BCUT2D eigenvalue weighted by Crippen LogP contribution is -2.08. The summed E-state index contributed by atoms with van der Waals surface area (Å²) in [5, 5.41) is 9.82. The summed E-state index contributed by atoms with van der Waals surface area (Å²) >= 11 is 0. The zero-order chi connectivity index (χ0) is 12.3. The summed E-state index contributed by atoms with van der Waals surface area (Å²) in [7, 11) is 0. The number of hydrogen-bond acceptors (Lipinski definition) is 2. The maximum atomic E-state index is 11.4. The molecular formula is C14H17NO2. The number of aliphatic hydroxyl groups is 1. The van der Waals surface area contributed by atoms with Crippen LogP contribution in [0.3, 0.4) is 0 Å². The topological polar surface area (TPSA) is 53.1 Å². The molecule has 2 rings (SSSR count). The second-order valence-electron chi connectivity index (χ2n) is 4.38. The lowest BCUT2D eigenvalue weighted by atomic mass is 10.0. The van der Waals surface area contributed by atoms with Crippen molar-refractivity contribution in [2.24, 2.45) is 0 Å². The van der Waals surface area contributed by atoms with Crippen molar-refractivity contribution in [2.75, 3.05) is 6.61 Å². The number of aromatic amines is 1. The van der Waals surface area contributed by atoms with Crippen molar-refractivity contribution in [3.8, 4) is 0 Å². The number of hydrogen-bond donors (Lipinski definition) is 2. The van der Waals surface area contributed by atoms with Crippen molar-refractivity contribution >= 4 is 10.9 Å². The normalized spacial score (nSPS) is 10.9. The predicted molar refractivity (Wildman–Crippen MR) is 69.3 cm³/mol. The molecule has 0 aliphatic rings. The van der Waals surface area contributed by atoms with Crippen molar-refractivity contribution < 1.29 is 5.11 Å². The molecule has 0 saturated carbocycles. The van der Waals surface area contributed by atoms with Gasteiger partial charge in [0.15, 0.2) is 0 Å². The fourth-order valence-electron chi connectivity index (χ4n) is 1.96. The molecule has 0 spiro atoms. The molecule has 0 aliphatic heterocycles. The molecule has 3 heteroatoms. The molecule has 0 atom stereocenters. The smallest absolute Gasteiger partial charge is 0.251 e. The number of benzene rings is 1.